The Morgan fingerprint density at radius 3 is 2.59 bits per heavy atom. The molecule has 0 bridgehead atoms. The number of ketones is 1. The molecule has 0 radical (unpaired) electrons. The maximum Gasteiger partial charge on any atom is 0.265 e. The van der Waals surface area contributed by atoms with Gasteiger partial charge in [-0.25, -0.2) is 0 Å². The van der Waals surface area contributed by atoms with Crippen LogP contribution in [0.1, 0.15) is 42.5 Å². The van der Waals surface area contributed by atoms with Crippen LogP contribution in [-0.4, -0.2) is 23.2 Å². The predicted octanol–water partition coefficient (Wildman–Crippen LogP) is 3.32. The lowest BCUT2D eigenvalue weighted by molar-refractivity contribution is -0.465. The van der Waals surface area contributed by atoms with Crippen molar-refractivity contribution in [2.75, 3.05) is 11.9 Å². The maximum atomic E-state index is 11.9. The molecule has 0 atom stereocenters. The fourth-order valence-electron chi connectivity index (χ4n) is 2.71. The van der Waals surface area contributed by atoms with E-state index in [2.05, 4.69) is 5.32 Å². The van der Waals surface area contributed by atoms with E-state index in [1.807, 2.05) is 0 Å². The van der Waals surface area contributed by atoms with Gasteiger partial charge < -0.3 is 5.32 Å². The van der Waals surface area contributed by atoms with Crippen molar-refractivity contribution in [2.45, 2.75) is 32.1 Å². The fraction of sp³-hybridized carbons (Fsp3) is 0.467. The molecular formula is C15H17ClN2O4. The summed E-state index contributed by atoms with van der Waals surface area (Å²) in [5.41, 5.74) is 0.581. The summed E-state index contributed by atoms with van der Waals surface area (Å²) in [5, 5.41) is 13.2. The molecule has 7 heteroatoms. The molecule has 1 saturated carbocycles. The maximum absolute atomic E-state index is 11.9. The van der Waals surface area contributed by atoms with Gasteiger partial charge in [-0.05, 0) is 37.0 Å². The molecule has 0 spiro atoms. The third-order valence-corrected chi connectivity index (χ3v) is 4.09. The van der Waals surface area contributed by atoms with Crippen LogP contribution in [0.3, 0.4) is 0 Å². The molecule has 6 nitrogen and oxygen atoms in total. The van der Waals surface area contributed by atoms with E-state index < -0.39 is 17.3 Å². The Bertz CT molecular complexity index is 597. The second-order valence-electron chi connectivity index (χ2n) is 5.51. The van der Waals surface area contributed by atoms with Crippen LogP contribution in [0, 0.1) is 16.0 Å². The van der Waals surface area contributed by atoms with Gasteiger partial charge in [-0.15, -0.1) is 0 Å². The number of nitro groups is 1. The zero-order chi connectivity index (χ0) is 16.1. The Kier molecular flexibility index (Phi) is 5.49. The van der Waals surface area contributed by atoms with Gasteiger partial charge in [0.25, 0.3) is 6.54 Å². The summed E-state index contributed by atoms with van der Waals surface area (Å²) in [6, 6.07) is 4.38. The minimum atomic E-state index is -0.799. The minimum absolute atomic E-state index is 0.0765. The van der Waals surface area contributed by atoms with Crippen LogP contribution in [0.2, 0.25) is 5.02 Å². The summed E-state index contributed by atoms with van der Waals surface area (Å²) < 4.78 is 0. The van der Waals surface area contributed by atoms with E-state index in [1.165, 1.54) is 31.0 Å². The largest absolute Gasteiger partial charge is 0.326 e. The molecule has 0 saturated heterocycles. The second kappa shape index (κ2) is 7.35. The molecule has 0 aromatic heterocycles. The first-order chi connectivity index (χ1) is 10.5. The lowest BCUT2D eigenvalue weighted by atomic mass is 10.0. The first-order valence-electron chi connectivity index (χ1n) is 7.20. The summed E-state index contributed by atoms with van der Waals surface area (Å²) in [5.74, 6) is -0.289. The molecule has 1 fully saturated rings. The molecule has 1 aromatic rings. The van der Waals surface area contributed by atoms with Crippen molar-refractivity contribution in [1.82, 2.24) is 0 Å². The molecule has 0 unspecified atom stereocenters. The summed E-state index contributed by atoms with van der Waals surface area (Å²) in [4.78, 5) is 33.2. The number of anilines is 1. The number of benzene rings is 1. The topological polar surface area (TPSA) is 89.3 Å². The van der Waals surface area contributed by atoms with E-state index in [0.717, 1.165) is 12.8 Å². The SMILES string of the molecule is O=C(CC1CCCC1)Nc1ccc(C(=O)C[N+](=O)[O-])c(Cl)c1. The first kappa shape index (κ1) is 16.4. The number of hydrogen-bond donors (Lipinski definition) is 1. The standard InChI is InChI=1S/C15H17ClN2O4/c16-13-8-11(5-6-12(13)14(19)9-18(21)22)17-15(20)7-10-3-1-2-4-10/h5-6,8,10H,1-4,7,9H2,(H,17,20). The van der Waals surface area contributed by atoms with Gasteiger partial charge in [0.15, 0.2) is 0 Å². The molecule has 1 aliphatic carbocycles. The molecule has 1 aromatic carbocycles. The number of rotatable bonds is 6. The van der Waals surface area contributed by atoms with Crippen LogP contribution >= 0.6 is 11.6 Å². The Balaban J connectivity index is 1.97. The second-order valence-corrected chi connectivity index (χ2v) is 5.92. The van der Waals surface area contributed by atoms with Gasteiger partial charge in [-0.1, -0.05) is 24.4 Å². The lowest BCUT2D eigenvalue weighted by Gasteiger charge is -2.10. The van der Waals surface area contributed by atoms with Gasteiger partial charge in [0.2, 0.25) is 11.7 Å². The highest BCUT2D eigenvalue weighted by Crippen LogP contribution is 2.28. The van der Waals surface area contributed by atoms with E-state index in [4.69, 9.17) is 11.6 Å². The molecule has 118 valence electrons. The number of carbonyl (C=O) groups excluding carboxylic acids is 2. The highest BCUT2D eigenvalue weighted by Gasteiger charge is 2.19. The Morgan fingerprint density at radius 1 is 1.32 bits per heavy atom. The van der Waals surface area contributed by atoms with Crippen molar-refractivity contribution in [3.8, 4) is 0 Å². The average molecular weight is 325 g/mol. The molecular weight excluding hydrogens is 308 g/mol. The van der Waals surface area contributed by atoms with Crippen molar-refractivity contribution in [3.05, 3.63) is 38.9 Å². The highest BCUT2D eigenvalue weighted by atomic mass is 35.5. The van der Waals surface area contributed by atoms with Crippen molar-refractivity contribution in [1.29, 1.82) is 0 Å². The number of amides is 1. The number of halogens is 1. The van der Waals surface area contributed by atoms with E-state index in [-0.39, 0.29) is 16.5 Å². The summed E-state index contributed by atoms with van der Waals surface area (Å²) in [6.45, 7) is -0.799. The monoisotopic (exact) mass is 324 g/mol. The van der Waals surface area contributed by atoms with E-state index in [0.29, 0.717) is 18.0 Å². The van der Waals surface area contributed by atoms with Gasteiger partial charge in [0, 0.05) is 22.6 Å². The zero-order valence-corrected chi connectivity index (χ0v) is 12.8. The van der Waals surface area contributed by atoms with Crippen LogP contribution in [0.15, 0.2) is 18.2 Å². The number of hydrogen-bond acceptors (Lipinski definition) is 4. The Hall–Kier alpha value is -1.95. The minimum Gasteiger partial charge on any atom is -0.326 e. The van der Waals surface area contributed by atoms with Gasteiger partial charge in [0.05, 0.1) is 5.02 Å². The smallest absolute Gasteiger partial charge is 0.265 e. The predicted molar refractivity (Wildman–Crippen MR) is 82.8 cm³/mol. The van der Waals surface area contributed by atoms with Gasteiger partial charge >= 0.3 is 0 Å². The average Bonchev–Trinajstić information content (AvgIpc) is 2.90. The first-order valence-corrected chi connectivity index (χ1v) is 7.58. The highest BCUT2D eigenvalue weighted by molar-refractivity contribution is 6.34. The summed E-state index contributed by atoms with van der Waals surface area (Å²) in [7, 11) is 0. The molecule has 1 N–H and O–H groups in total. The number of Topliss-reactive ketones (excluding diaryl/α,β-unsaturated/α-hetero) is 1. The van der Waals surface area contributed by atoms with E-state index in [9.17, 15) is 19.7 Å². The quantitative estimate of drug-likeness (QED) is 0.494. The van der Waals surface area contributed by atoms with Crippen LogP contribution in [0.4, 0.5) is 5.69 Å². The summed E-state index contributed by atoms with van der Waals surface area (Å²) >= 11 is 5.97. The molecule has 1 amide bonds. The van der Waals surface area contributed by atoms with Gasteiger partial charge in [-0.2, -0.15) is 0 Å². The van der Waals surface area contributed by atoms with Gasteiger partial charge in [-0.3, -0.25) is 19.7 Å². The zero-order valence-electron chi connectivity index (χ0n) is 12.0. The number of carbonyl (C=O) groups is 2. The van der Waals surface area contributed by atoms with Crippen molar-refractivity contribution in [2.24, 2.45) is 5.92 Å². The van der Waals surface area contributed by atoms with E-state index >= 15 is 0 Å². The molecule has 0 aliphatic heterocycles. The summed E-state index contributed by atoms with van der Waals surface area (Å²) in [6.07, 6.45) is 5.01. The van der Waals surface area contributed by atoms with Crippen LogP contribution in [-0.2, 0) is 4.79 Å². The van der Waals surface area contributed by atoms with Crippen LogP contribution in [0.5, 0.6) is 0 Å². The van der Waals surface area contributed by atoms with Crippen molar-refractivity contribution >= 4 is 29.0 Å². The molecule has 2 rings (SSSR count). The third kappa shape index (κ3) is 4.53. The normalized spacial score (nSPS) is 14.8. The van der Waals surface area contributed by atoms with Crippen molar-refractivity contribution < 1.29 is 14.5 Å². The number of nitrogens with zero attached hydrogens (tertiary/aromatic N) is 1. The molecule has 22 heavy (non-hydrogen) atoms. The van der Waals surface area contributed by atoms with Crippen LogP contribution in [0.25, 0.3) is 0 Å². The van der Waals surface area contributed by atoms with Crippen LogP contribution < -0.4 is 5.32 Å². The fourth-order valence-corrected chi connectivity index (χ4v) is 3.00. The molecule has 0 heterocycles. The van der Waals surface area contributed by atoms with Gasteiger partial charge in [0.1, 0.15) is 0 Å². The lowest BCUT2D eigenvalue weighted by Crippen LogP contribution is -2.16. The third-order valence-electron chi connectivity index (χ3n) is 3.77. The van der Waals surface area contributed by atoms with Crippen molar-refractivity contribution in [3.63, 3.8) is 0 Å². The molecule has 1 aliphatic rings. The Labute approximate surface area is 133 Å². The number of nitrogens with one attached hydrogen (secondary N) is 1. The van der Waals surface area contributed by atoms with E-state index in [1.54, 1.807) is 0 Å². The Morgan fingerprint density at radius 2 is 2.00 bits per heavy atom.